The standard InChI is InChI=1S/C16H11NO4/c1-10-7-15(18)21-14-5-4-12(8-13(10)14)20-16(19)11-3-2-6-17-9-11/h2-9H,1H3. The molecule has 5 nitrogen and oxygen atoms in total. The molecular formula is C16H11NO4. The minimum atomic E-state index is -0.488. The van der Waals surface area contributed by atoms with Crippen molar-refractivity contribution in [2.75, 3.05) is 0 Å². The van der Waals surface area contributed by atoms with E-state index in [1.165, 1.54) is 12.3 Å². The maximum absolute atomic E-state index is 12.0. The van der Waals surface area contributed by atoms with Gasteiger partial charge in [0, 0.05) is 23.8 Å². The summed E-state index contributed by atoms with van der Waals surface area (Å²) in [5.74, 6) is -0.106. The Bertz CT molecular complexity index is 868. The van der Waals surface area contributed by atoms with Crippen molar-refractivity contribution in [2.24, 2.45) is 0 Å². The minimum absolute atomic E-state index is 0.369. The van der Waals surface area contributed by atoms with Crippen molar-refractivity contribution in [1.82, 2.24) is 4.98 Å². The van der Waals surface area contributed by atoms with E-state index in [-0.39, 0.29) is 0 Å². The Balaban J connectivity index is 1.95. The highest BCUT2D eigenvalue weighted by atomic mass is 16.5. The van der Waals surface area contributed by atoms with Crippen LogP contribution >= 0.6 is 0 Å². The van der Waals surface area contributed by atoms with E-state index in [4.69, 9.17) is 9.15 Å². The van der Waals surface area contributed by atoms with E-state index in [9.17, 15) is 9.59 Å². The van der Waals surface area contributed by atoms with Gasteiger partial charge in [-0.15, -0.1) is 0 Å². The molecule has 0 unspecified atom stereocenters. The molecule has 0 amide bonds. The zero-order chi connectivity index (χ0) is 14.8. The second-order valence-electron chi connectivity index (χ2n) is 4.54. The van der Waals surface area contributed by atoms with Gasteiger partial charge in [0.15, 0.2) is 0 Å². The fourth-order valence-electron chi connectivity index (χ4n) is 2.01. The molecule has 0 atom stereocenters. The van der Waals surface area contributed by atoms with Crippen LogP contribution in [0.1, 0.15) is 15.9 Å². The number of hydrogen-bond acceptors (Lipinski definition) is 5. The molecule has 0 spiro atoms. The number of carbonyl (C=O) groups excluding carboxylic acids is 1. The third-order valence-corrected chi connectivity index (χ3v) is 3.03. The highest BCUT2D eigenvalue weighted by Crippen LogP contribution is 2.23. The molecule has 5 heteroatoms. The number of rotatable bonds is 2. The molecule has 3 aromatic rings. The van der Waals surface area contributed by atoms with Gasteiger partial charge in [0.05, 0.1) is 5.56 Å². The minimum Gasteiger partial charge on any atom is -0.423 e. The number of benzene rings is 1. The Kier molecular flexibility index (Phi) is 3.23. The number of nitrogens with zero attached hydrogens (tertiary/aromatic N) is 1. The molecule has 0 saturated heterocycles. The molecule has 0 aliphatic carbocycles. The Morgan fingerprint density at radius 2 is 2.10 bits per heavy atom. The van der Waals surface area contributed by atoms with Crippen LogP contribution in [0.2, 0.25) is 0 Å². The molecule has 0 aliphatic rings. The second kappa shape index (κ2) is 5.20. The van der Waals surface area contributed by atoms with Gasteiger partial charge in [-0.3, -0.25) is 4.98 Å². The molecule has 0 radical (unpaired) electrons. The van der Waals surface area contributed by atoms with Gasteiger partial charge in [-0.1, -0.05) is 0 Å². The van der Waals surface area contributed by atoms with Gasteiger partial charge in [-0.05, 0) is 42.8 Å². The molecule has 104 valence electrons. The first kappa shape index (κ1) is 13.1. The van der Waals surface area contributed by atoms with Gasteiger partial charge in [-0.2, -0.15) is 0 Å². The number of esters is 1. The lowest BCUT2D eigenvalue weighted by atomic mass is 10.1. The average Bonchev–Trinajstić information content (AvgIpc) is 2.48. The van der Waals surface area contributed by atoms with Gasteiger partial charge >= 0.3 is 11.6 Å². The van der Waals surface area contributed by atoms with E-state index in [2.05, 4.69) is 4.98 Å². The average molecular weight is 281 g/mol. The van der Waals surface area contributed by atoms with Gasteiger partial charge in [-0.25, -0.2) is 9.59 Å². The fraction of sp³-hybridized carbons (Fsp3) is 0.0625. The number of pyridine rings is 1. The third kappa shape index (κ3) is 2.67. The summed E-state index contributed by atoms with van der Waals surface area (Å²) in [6.45, 7) is 1.80. The van der Waals surface area contributed by atoms with E-state index in [0.29, 0.717) is 16.9 Å². The molecule has 3 rings (SSSR count). The largest absolute Gasteiger partial charge is 0.423 e. The highest BCUT2D eigenvalue weighted by Gasteiger charge is 2.10. The van der Waals surface area contributed by atoms with Crippen molar-refractivity contribution < 1.29 is 13.9 Å². The van der Waals surface area contributed by atoms with Crippen molar-refractivity contribution in [3.8, 4) is 5.75 Å². The number of aryl methyl sites for hydroxylation is 1. The molecule has 0 aliphatic heterocycles. The Labute approximate surface area is 119 Å². The smallest absolute Gasteiger partial charge is 0.345 e. The van der Waals surface area contributed by atoms with Crippen molar-refractivity contribution in [2.45, 2.75) is 6.92 Å². The zero-order valence-electron chi connectivity index (χ0n) is 11.2. The molecule has 1 aromatic carbocycles. The van der Waals surface area contributed by atoms with Gasteiger partial charge in [0.2, 0.25) is 0 Å². The molecule has 0 saturated carbocycles. The quantitative estimate of drug-likeness (QED) is 0.410. The molecule has 0 bridgehead atoms. The van der Waals surface area contributed by atoms with Crippen LogP contribution < -0.4 is 10.4 Å². The molecular weight excluding hydrogens is 270 g/mol. The summed E-state index contributed by atoms with van der Waals surface area (Å²) >= 11 is 0. The predicted molar refractivity (Wildman–Crippen MR) is 76.4 cm³/mol. The van der Waals surface area contributed by atoms with Crippen LogP contribution in [0.25, 0.3) is 11.0 Å². The number of hydrogen-bond donors (Lipinski definition) is 0. The summed E-state index contributed by atoms with van der Waals surface area (Å²) < 4.78 is 10.4. The molecule has 21 heavy (non-hydrogen) atoms. The maximum Gasteiger partial charge on any atom is 0.345 e. The fourth-order valence-corrected chi connectivity index (χ4v) is 2.01. The van der Waals surface area contributed by atoms with Crippen molar-refractivity contribution in [3.63, 3.8) is 0 Å². The Morgan fingerprint density at radius 3 is 2.86 bits per heavy atom. The lowest BCUT2D eigenvalue weighted by Crippen LogP contribution is -2.08. The van der Waals surface area contributed by atoms with E-state index in [0.717, 1.165) is 10.9 Å². The van der Waals surface area contributed by atoms with Crippen molar-refractivity contribution in [1.29, 1.82) is 0 Å². The Morgan fingerprint density at radius 1 is 1.24 bits per heavy atom. The predicted octanol–water partition coefficient (Wildman–Crippen LogP) is 2.72. The van der Waals surface area contributed by atoms with Crippen LogP contribution in [0.3, 0.4) is 0 Å². The Hall–Kier alpha value is -2.95. The lowest BCUT2D eigenvalue weighted by Gasteiger charge is -2.06. The SMILES string of the molecule is Cc1cc(=O)oc2ccc(OC(=O)c3cccnc3)cc12. The van der Waals surface area contributed by atoms with Crippen LogP contribution in [0.4, 0.5) is 0 Å². The molecule has 2 aromatic heterocycles. The van der Waals surface area contributed by atoms with Crippen LogP contribution in [-0.2, 0) is 0 Å². The zero-order valence-corrected chi connectivity index (χ0v) is 11.2. The van der Waals surface area contributed by atoms with E-state index in [1.807, 2.05) is 0 Å². The van der Waals surface area contributed by atoms with Gasteiger partial charge in [0.25, 0.3) is 0 Å². The number of fused-ring (bicyclic) bond motifs is 1. The summed E-state index contributed by atoms with van der Waals surface area (Å²) in [6.07, 6.45) is 3.02. The molecule has 2 heterocycles. The van der Waals surface area contributed by atoms with Crippen LogP contribution in [0, 0.1) is 6.92 Å². The highest BCUT2D eigenvalue weighted by molar-refractivity contribution is 5.91. The van der Waals surface area contributed by atoms with Gasteiger partial charge < -0.3 is 9.15 Å². The van der Waals surface area contributed by atoms with E-state index in [1.54, 1.807) is 43.5 Å². The van der Waals surface area contributed by atoms with Crippen LogP contribution in [0.5, 0.6) is 5.75 Å². The molecule has 0 fully saturated rings. The molecule has 0 N–H and O–H groups in total. The van der Waals surface area contributed by atoms with Gasteiger partial charge in [0.1, 0.15) is 11.3 Å². The van der Waals surface area contributed by atoms with E-state index < -0.39 is 11.6 Å². The first-order valence-electron chi connectivity index (χ1n) is 6.30. The van der Waals surface area contributed by atoms with Crippen LogP contribution in [0.15, 0.2) is 58.0 Å². The maximum atomic E-state index is 12.0. The third-order valence-electron chi connectivity index (χ3n) is 3.03. The topological polar surface area (TPSA) is 69.4 Å². The summed E-state index contributed by atoms with van der Waals surface area (Å²) in [6, 6.07) is 9.54. The number of aromatic nitrogens is 1. The summed E-state index contributed by atoms with van der Waals surface area (Å²) in [5.41, 5.74) is 1.19. The monoisotopic (exact) mass is 281 g/mol. The lowest BCUT2D eigenvalue weighted by molar-refractivity contribution is 0.0734. The first-order chi connectivity index (χ1) is 10.1. The summed E-state index contributed by atoms with van der Waals surface area (Å²) in [5, 5.41) is 0.728. The number of carbonyl (C=O) groups is 1. The number of ether oxygens (including phenoxy) is 1. The first-order valence-corrected chi connectivity index (χ1v) is 6.30. The van der Waals surface area contributed by atoms with Crippen LogP contribution in [-0.4, -0.2) is 11.0 Å². The summed E-state index contributed by atoms with van der Waals surface area (Å²) in [4.78, 5) is 27.1. The van der Waals surface area contributed by atoms with E-state index >= 15 is 0 Å². The normalized spacial score (nSPS) is 10.5. The second-order valence-corrected chi connectivity index (χ2v) is 4.54. The summed E-state index contributed by atoms with van der Waals surface area (Å²) in [7, 11) is 0. The van der Waals surface area contributed by atoms with Crippen molar-refractivity contribution in [3.05, 3.63) is 70.3 Å². The van der Waals surface area contributed by atoms with Crippen molar-refractivity contribution >= 4 is 16.9 Å².